The van der Waals surface area contributed by atoms with Gasteiger partial charge in [0.05, 0.1) is 11.2 Å². The van der Waals surface area contributed by atoms with Crippen LogP contribution in [0.5, 0.6) is 0 Å². The zero-order valence-corrected chi connectivity index (χ0v) is 17.1. The van der Waals surface area contributed by atoms with Crippen LogP contribution in [0.15, 0.2) is 29.6 Å². The quantitative estimate of drug-likeness (QED) is 0.812. The van der Waals surface area contributed by atoms with Crippen molar-refractivity contribution in [3.8, 4) is 10.6 Å². The molecule has 0 saturated carbocycles. The van der Waals surface area contributed by atoms with Gasteiger partial charge in [-0.25, -0.2) is 9.78 Å². The Hall–Kier alpha value is -1.63. The van der Waals surface area contributed by atoms with Crippen LogP contribution >= 0.6 is 22.9 Å². The molecule has 1 amide bonds. The predicted molar refractivity (Wildman–Crippen MR) is 108 cm³/mol. The number of carbonyl (C=O) groups is 1. The number of hydrogen-bond donors (Lipinski definition) is 1. The summed E-state index contributed by atoms with van der Waals surface area (Å²) in [5.74, 6) is 0.500. The molecule has 144 valence electrons. The molecule has 1 aromatic carbocycles. The summed E-state index contributed by atoms with van der Waals surface area (Å²) in [4.78, 5) is 19.6. The van der Waals surface area contributed by atoms with Gasteiger partial charge in [0.15, 0.2) is 0 Å². The highest BCUT2D eigenvalue weighted by molar-refractivity contribution is 7.13. The van der Waals surface area contributed by atoms with E-state index in [4.69, 9.17) is 21.3 Å². The molecular formula is C20H24ClN3O2S. The van der Waals surface area contributed by atoms with Gasteiger partial charge in [0.2, 0.25) is 0 Å². The maximum atomic E-state index is 12.5. The van der Waals surface area contributed by atoms with Crippen LogP contribution in [0.3, 0.4) is 0 Å². The van der Waals surface area contributed by atoms with Crippen LogP contribution < -0.4 is 5.32 Å². The highest BCUT2D eigenvalue weighted by atomic mass is 35.5. The summed E-state index contributed by atoms with van der Waals surface area (Å²) in [6.45, 7) is 7.01. The number of nitrogens with zero attached hydrogens (tertiary/aromatic N) is 2. The first kappa shape index (κ1) is 18.7. The zero-order valence-electron chi connectivity index (χ0n) is 15.6. The molecule has 0 unspecified atom stereocenters. The summed E-state index contributed by atoms with van der Waals surface area (Å²) in [5, 5.41) is 6.59. The molecule has 7 heteroatoms. The van der Waals surface area contributed by atoms with Gasteiger partial charge in [0.25, 0.3) is 0 Å². The largest absolute Gasteiger partial charge is 0.445 e. The number of fused-ring (bicyclic) bond motifs is 3. The van der Waals surface area contributed by atoms with Gasteiger partial charge in [-0.15, -0.1) is 11.3 Å². The van der Waals surface area contributed by atoms with E-state index in [1.165, 1.54) is 0 Å². The van der Waals surface area contributed by atoms with Crippen molar-refractivity contribution in [1.82, 2.24) is 15.2 Å². The fraction of sp³-hybridized carbons (Fsp3) is 0.500. The Labute approximate surface area is 168 Å². The maximum absolute atomic E-state index is 12.5. The topological polar surface area (TPSA) is 54.5 Å². The molecule has 2 bridgehead atoms. The Balaban J connectivity index is 1.41. The Morgan fingerprint density at radius 3 is 2.63 bits per heavy atom. The monoisotopic (exact) mass is 405 g/mol. The van der Waals surface area contributed by atoms with Crippen LogP contribution in [0.4, 0.5) is 4.79 Å². The minimum absolute atomic E-state index is 0.00311. The molecule has 0 radical (unpaired) electrons. The third-order valence-electron chi connectivity index (χ3n) is 5.50. The molecule has 0 aliphatic carbocycles. The molecule has 0 spiro atoms. The van der Waals surface area contributed by atoms with Gasteiger partial charge in [-0.2, -0.15) is 0 Å². The third kappa shape index (κ3) is 4.13. The first-order chi connectivity index (χ1) is 12.9. The number of amides is 1. The lowest BCUT2D eigenvalue weighted by Gasteiger charge is -2.44. The van der Waals surface area contributed by atoms with Crippen LogP contribution in [0, 0.1) is 5.92 Å². The number of hydrogen-bond acceptors (Lipinski definition) is 5. The average molecular weight is 406 g/mol. The van der Waals surface area contributed by atoms with Crippen molar-refractivity contribution < 1.29 is 9.53 Å². The lowest BCUT2D eigenvalue weighted by atomic mass is 9.86. The van der Waals surface area contributed by atoms with Crippen molar-refractivity contribution in [2.24, 2.45) is 5.92 Å². The fourth-order valence-corrected chi connectivity index (χ4v) is 4.94. The van der Waals surface area contributed by atoms with Crippen LogP contribution in [-0.4, -0.2) is 41.7 Å². The summed E-state index contributed by atoms with van der Waals surface area (Å²) in [5.41, 5.74) is 1.23. The second-order valence-corrected chi connectivity index (χ2v) is 9.17. The average Bonchev–Trinajstić information content (AvgIpc) is 3.14. The molecule has 3 saturated heterocycles. The molecule has 3 fully saturated rings. The van der Waals surface area contributed by atoms with Gasteiger partial charge in [-0.1, -0.05) is 23.7 Å². The number of halogens is 1. The predicted octanol–water partition coefficient (Wildman–Crippen LogP) is 4.52. The number of ether oxygens (including phenoxy) is 1. The standard InChI is InChI=1S/C20H24ClN3O2S/c1-20(2,17-12-27-18(22-17)14-3-5-15(21)6-4-14)23-19(25)26-16-11-24-9-7-13(16)8-10-24/h3-6,12-13,16H,7-11H2,1-2H3,(H,23,25)/t16-/m1/s1. The van der Waals surface area contributed by atoms with E-state index in [0.717, 1.165) is 48.7 Å². The van der Waals surface area contributed by atoms with E-state index in [2.05, 4.69) is 10.2 Å². The molecule has 3 aliphatic rings. The summed E-state index contributed by atoms with van der Waals surface area (Å²) in [6, 6.07) is 7.61. The summed E-state index contributed by atoms with van der Waals surface area (Å²) in [6.07, 6.45) is 1.89. The smallest absolute Gasteiger partial charge is 0.408 e. The number of aromatic nitrogens is 1. The number of benzene rings is 1. The molecule has 3 aliphatic heterocycles. The number of piperidine rings is 3. The van der Waals surface area contributed by atoms with E-state index in [1.807, 2.05) is 43.5 Å². The third-order valence-corrected chi connectivity index (χ3v) is 6.65. The van der Waals surface area contributed by atoms with Crippen molar-refractivity contribution in [2.75, 3.05) is 19.6 Å². The molecule has 27 heavy (non-hydrogen) atoms. The highest BCUT2D eigenvalue weighted by Crippen LogP contribution is 2.31. The Morgan fingerprint density at radius 1 is 1.30 bits per heavy atom. The zero-order chi connectivity index (χ0) is 19.0. The lowest BCUT2D eigenvalue weighted by Crippen LogP contribution is -2.53. The fourth-order valence-electron chi connectivity index (χ4n) is 3.82. The summed E-state index contributed by atoms with van der Waals surface area (Å²) in [7, 11) is 0. The van der Waals surface area contributed by atoms with Crippen LogP contribution in [0.2, 0.25) is 5.02 Å². The Kier molecular flexibility index (Phi) is 5.14. The number of thiazole rings is 1. The van der Waals surface area contributed by atoms with Gasteiger partial charge in [-0.05, 0) is 57.8 Å². The minimum Gasteiger partial charge on any atom is -0.445 e. The number of nitrogens with one attached hydrogen (secondary N) is 1. The first-order valence-electron chi connectivity index (χ1n) is 9.34. The van der Waals surface area contributed by atoms with Crippen LogP contribution in [0.25, 0.3) is 10.6 Å². The highest BCUT2D eigenvalue weighted by Gasteiger charge is 2.37. The summed E-state index contributed by atoms with van der Waals surface area (Å²) < 4.78 is 5.76. The molecule has 5 nitrogen and oxygen atoms in total. The van der Waals surface area contributed by atoms with Gasteiger partial charge in [0.1, 0.15) is 11.1 Å². The molecular weight excluding hydrogens is 382 g/mol. The molecule has 5 rings (SSSR count). The first-order valence-corrected chi connectivity index (χ1v) is 10.6. The van der Waals surface area contributed by atoms with Gasteiger partial charge < -0.3 is 10.1 Å². The SMILES string of the molecule is CC(C)(NC(=O)O[C@@H]1CN2CCC1CC2)c1csc(-c2ccc(Cl)cc2)n1. The summed E-state index contributed by atoms with van der Waals surface area (Å²) >= 11 is 7.51. The Bertz CT molecular complexity index is 813. The van der Waals surface area contributed by atoms with Gasteiger partial charge in [-0.3, -0.25) is 4.90 Å². The second-order valence-electron chi connectivity index (χ2n) is 7.88. The molecule has 1 aromatic heterocycles. The second kappa shape index (κ2) is 7.41. The van der Waals surface area contributed by atoms with Crippen LogP contribution in [-0.2, 0) is 10.3 Å². The van der Waals surface area contributed by atoms with E-state index >= 15 is 0 Å². The molecule has 2 aromatic rings. The molecule has 1 N–H and O–H groups in total. The van der Waals surface area contributed by atoms with E-state index in [9.17, 15) is 4.79 Å². The lowest BCUT2D eigenvalue weighted by molar-refractivity contribution is -0.0350. The van der Waals surface area contributed by atoms with Gasteiger partial charge >= 0.3 is 6.09 Å². The number of carbonyl (C=O) groups excluding carboxylic acids is 1. The normalized spacial score (nSPS) is 24.6. The van der Waals surface area contributed by atoms with E-state index in [-0.39, 0.29) is 12.2 Å². The van der Waals surface area contributed by atoms with Crippen molar-refractivity contribution >= 4 is 29.0 Å². The van der Waals surface area contributed by atoms with Crippen molar-refractivity contribution in [3.63, 3.8) is 0 Å². The minimum atomic E-state index is -0.605. The van der Waals surface area contributed by atoms with Crippen molar-refractivity contribution in [1.29, 1.82) is 0 Å². The van der Waals surface area contributed by atoms with Crippen LogP contribution in [0.1, 0.15) is 32.4 Å². The van der Waals surface area contributed by atoms with E-state index in [1.54, 1.807) is 11.3 Å². The number of rotatable bonds is 4. The number of alkyl carbamates (subject to hydrolysis) is 1. The van der Waals surface area contributed by atoms with Crippen molar-refractivity contribution in [2.45, 2.75) is 38.3 Å². The van der Waals surface area contributed by atoms with Gasteiger partial charge in [0, 0.05) is 22.5 Å². The van der Waals surface area contributed by atoms with E-state index in [0.29, 0.717) is 10.9 Å². The molecule has 4 heterocycles. The van der Waals surface area contributed by atoms with Crippen molar-refractivity contribution in [3.05, 3.63) is 40.4 Å². The van der Waals surface area contributed by atoms with E-state index < -0.39 is 5.54 Å². The Morgan fingerprint density at radius 2 is 2.00 bits per heavy atom. The maximum Gasteiger partial charge on any atom is 0.408 e. The molecule has 1 atom stereocenters.